The van der Waals surface area contributed by atoms with E-state index in [4.69, 9.17) is 8.83 Å². The average molecular weight is 1320 g/mol. The number of rotatable bonds is 9. The first-order valence-corrected chi connectivity index (χ1v) is 36.2. The van der Waals surface area contributed by atoms with Crippen LogP contribution in [-0.4, -0.2) is 61.4 Å². The Morgan fingerprint density at radius 3 is 1.16 bits per heavy atom. The third kappa shape index (κ3) is 62.5. The highest BCUT2D eigenvalue weighted by Crippen LogP contribution is 2.17. The first-order valence-electron chi connectivity index (χ1n) is 33.8. The van der Waals surface area contributed by atoms with Gasteiger partial charge in [-0.25, -0.2) is 18.7 Å². The molecule has 1 aliphatic heterocycles. The van der Waals surface area contributed by atoms with Crippen molar-refractivity contribution >= 4 is 40.8 Å². The zero-order valence-electron chi connectivity index (χ0n) is 64.3. The first kappa shape index (κ1) is 103. The predicted octanol–water partition coefficient (Wildman–Crippen LogP) is 26.1. The summed E-state index contributed by atoms with van der Waals surface area (Å²) in [5.41, 5.74) is 8.36. The van der Waals surface area contributed by atoms with Gasteiger partial charge in [0.25, 0.3) is 0 Å². The Labute approximate surface area is 567 Å². The van der Waals surface area contributed by atoms with Crippen LogP contribution in [0.3, 0.4) is 0 Å². The fourth-order valence-corrected chi connectivity index (χ4v) is 6.94. The van der Waals surface area contributed by atoms with E-state index in [1.54, 1.807) is 42.6 Å². The van der Waals surface area contributed by atoms with Gasteiger partial charge in [-0.3, -0.25) is 15.2 Å². The molecule has 9 rings (SSSR count). The minimum atomic E-state index is 0.456. The first-order chi connectivity index (χ1) is 43.2. The molecule has 0 unspecified atom stereocenters. The van der Waals surface area contributed by atoms with Crippen molar-refractivity contribution in [2.45, 2.75) is 297 Å². The number of aromatic nitrogens is 10. The summed E-state index contributed by atoms with van der Waals surface area (Å²) >= 11 is 4.62. The molecular weight excluding hydrogens is 1180 g/mol. The molecule has 522 valence electrons. The SMILES string of the molecule is CC.CC.CC.CC.CC.CC.CC.CC.CC.CC(C)C1=CCN=C1.CC(C)c1ccn[nH]1.CC(C)c1ccn[nH]1.CC(C)c1ccns1.CC(C)c1ccon1.CC(C)c1ccsn1.CC(C)c1cnco1.CC(C)c1cnsc1.CC(C)c1cocn1. The van der Waals surface area contributed by atoms with Gasteiger partial charge < -0.3 is 13.4 Å². The van der Waals surface area contributed by atoms with E-state index in [9.17, 15) is 0 Å². The number of H-pyrrole nitrogens is 2. The lowest BCUT2D eigenvalue weighted by Gasteiger charge is -1.98. The predicted molar refractivity (Wildman–Crippen MR) is 404 cm³/mol. The maximum atomic E-state index is 4.98. The molecule has 0 aromatic carbocycles. The van der Waals surface area contributed by atoms with Crippen LogP contribution in [0, 0.1) is 5.92 Å². The van der Waals surface area contributed by atoms with Gasteiger partial charge in [0.2, 0.25) is 0 Å². The van der Waals surface area contributed by atoms with Gasteiger partial charge in [-0.2, -0.15) is 14.6 Å². The molecule has 0 radical (unpaired) electrons. The number of hydrogen-bond acceptors (Lipinski definition) is 15. The summed E-state index contributed by atoms with van der Waals surface area (Å²) in [6, 6.07) is 9.99. The molecule has 0 fully saturated rings. The molecule has 2 N–H and O–H groups in total. The van der Waals surface area contributed by atoms with Crippen molar-refractivity contribution in [3.63, 3.8) is 0 Å². The van der Waals surface area contributed by atoms with Crippen LogP contribution in [0.4, 0.5) is 0 Å². The summed E-state index contributed by atoms with van der Waals surface area (Å²) in [4.78, 5) is 13.2. The Morgan fingerprint density at radius 1 is 0.467 bits per heavy atom. The summed E-state index contributed by atoms with van der Waals surface area (Å²) in [6.07, 6.45) is 19.4. The van der Waals surface area contributed by atoms with E-state index >= 15 is 0 Å². The van der Waals surface area contributed by atoms with E-state index in [2.05, 4.69) is 206 Å². The van der Waals surface area contributed by atoms with Gasteiger partial charge in [0.1, 0.15) is 18.3 Å². The summed E-state index contributed by atoms with van der Waals surface area (Å²) in [6.45, 7) is 75.2. The van der Waals surface area contributed by atoms with Crippen LogP contribution in [0.2, 0.25) is 0 Å². The molecule has 14 nitrogen and oxygen atoms in total. The van der Waals surface area contributed by atoms with Gasteiger partial charge in [0.05, 0.1) is 29.8 Å². The third-order valence-corrected chi connectivity index (χ3v) is 12.2. The van der Waals surface area contributed by atoms with Crippen LogP contribution < -0.4 is 0 Å². The molecule has 90 heavy (non-hydrogen) atoms. The molecule has 8 aromatic rings. The maximum Gasteiger partial charge on any atom is 0.180 e. The van der Waals surface area contributed by atoms with Crippen LogP contribution in [0.5, 0.6) is 0 Å². The average Bonchev–Trinajstić information content (AvgIpc) is 4.50. The summed E-state index contributed by atoms with van der Waals surface area (Å²) in [5.74, 6) is 6.01. The Kier molecular flexibility index (Phi) is 91.1. The largest absolute Gasteiger partial charge is 0.451 e. The number of aromatic amines is 2. The van der Waals surface area contributed by atoms with Crippen LogP contribution in [0.1, 0.15) is 341 Å². The second-order valence-electron chi connectivity index (χ2n) is 19.2. The van der Waals surface area contributed by atoms with E-state index in [0.717, 1.165) is 23.7 Å². The van der Waals surface area contributed by atoms with Gasteiger partial charge >= 0.3 is 0 Å². The topological polar surface area (TPSA) is 186 Å². The lowest BCUT2D eigenvalue weighted by Crippen LogP contribution is -1.90. The molecule has 9 heterocycles. The molecule has 0 saturated heterocycles. The summed E-state index contributed by atoms with van der Waals surface area (Å²) in [7, 11) is 0. The molecule has 0 saturated carbocycles. The van der Waals surface area contributed by atoms with E-state index in [1.807, 2.05) is 167 Å². The summed E-state index contributed by atoms with van der Waals surface area (Å²) in [5, 5.41) is 21.2. The lowest BCUT2D eigenvalue weighted by atomic mass is 10.1. The molecule has 0 spiro atoms. The third-order valence-electron chi connectivity index (χ3n) is 9.93. The summed E-state index contributed by atoms with van der Waals surface area (Å²) < 4.78 is 26.5. The molecule has 0 atom stereocenters. The second kappa shape index (κ2) is 79.4. The number of nitrogens with one attached hydrogen (secondary N) is 2. The fraction of sp³-hybridized carbons (Fsp3) is 0.630. The number of hydrogen-bond donors (Lipinski definition) is 2. The van der Waals surface area contributed by atoms with Crippen molar-refractivity contribution < 1.29 is 13.4 Å². The Bertz CT molecular complexity index is 1910. The quantitative estimate of drug-likeness (QED) is 0.140. The molecule has 1 aliphatic rings. The Balaban J connectivity index is -0.000000113. The monoisotopic (exact) mass is 1310 g/mol. The fourth-order valence-electron chi connectivity index (χ4n) is 5.01. The van der Waals surface area contributed by atoms with Crippen LogP contribution in [-0.2, 0) is 0 Å². The number of aliphatic imine (C=N–C) groups is 1. The highest BCUT2D eigenvalue weighted by atomic mass is 32.1. The van der Waals surface area contributed by atoms with E-state index in [0.29, 0.717) is 53.3 Å². The van der Waals surface area contributed by atoms with Crippen LogP contribution in [0.15, 0.2) is 127 Å². The van der Waals surface area contributed by atoms with Crippen LogP contribution in [0.25, 0.3) is 0 Å². The van der Waals surface area contributed by atoms with Crippen molar-refractivity contribution in [2.24, 2.45) is 10.9 Å². The van der Waals surface area contributed by atoms with Crippen molar-refractivity contribution in [2.75, 3.05) is 6.54 Å². The maximum absolute atomic E-state index is 4.98. The standard InChI is InChI=1S/C7H11N.2C6H10N2.3C6H9NO.3C6H9NS.9C2H6/c1-6(2)7-3-4-8-5-7;2*1-5(2)6-3-4-7-8-6;1-5(2)6-3-8-4-7-6;1-5(2)6-3-7-4-8-6;1-5(2)6-3-4-8-7-6;1-5(2)6-3-7-8-4-6;1-5(2)6-3-4-8-7-6;1-5(2)6-3-4-7-8-6;9*1-2/h3,5-6H,4H2,1-2H3;2*3-5H,1-2H3,(H,7,8);6*3-5H,1-2H3;9*1-2H3. The normalized spacial score (nSPS) is 9.54. The van der Waals surface area contributed by atoms with Crippen molar-refractivity contribution in [3.8, 4) is 0 Å². The Morgan fingerprint density at radius 2 is 0.978 bits per heavy atom. The number of nitrogens with zero attached hydrogens (tertiary/aromatic N) is 9. The van der Waals surface area contributed by atoms with Gasteiger partial charge in [-0.05, 0) is 117 Å². The second-order valence-corrected chi connectivity index (χ2v) is 21.3. The minimum Gasteiger partial charge on any atom is -0.451 e. The van der Waals surface area contributed by atoms with E-state index in [-0.39, 0.29) is 0 Å². The zero-order chi connectivity index (χ0) is 71.8. The highest BCUT2D eigenvalue weighted by molar-refractivity contribution is 7.05. The van der Waals surface area contributed by atoms with Gasteiger partial charge in [-0.15, -0.1) is 0 Å². The molecular formula is C73H139N11O3S3. The van der Waals surface area contributed by atoms with Gasteiger partial charge in [0.15, 0.2) is 12.8 Å². The van der Waals surface area contributed by atoms with Crippen molar-refractivity contribution in [3.05, 3.63) is 154 Å². The van der Waals surface area contributed by atoms with Gasteiger partial charge in [-0.1, -0.05) is 260 Å². The van der Waals surface area contributed by atoms with E-state index < -0.39 is 0 Å². The smallest absolute Gasteiger partial charge is 0.180 e. The Hall–Kier alpha value is -5.65. The van der Waals surface area contributed by atoms with Crippen molar-refractivity contribution in [1.29, 1.82) is 0 Å². The van der Waals surface area contributed by atoms with Crippen molar-refractivity contribution in [1.82, 2.24) is 48.6 Å². The molecule has 0 amide bonds. The molecule has 8 aromatic heterocycles. The highest BCUT2D eigenvalue weighted by Gasteiger charge is 2.04. The number of allylic oxidation sites excluding steroid dienone is 1. The molecule has 0 aliphatic carbocycles. The lowest BCUT2D eigenvalue weighted by molar-refractivity contribution is 0.408. The van der Waals surface area contributed by atoms with E-state index in [1.165, 1.54) is 68.9 Å². The van der Waals surface area contributed by atoms with Gasteiger partial charge in [0, 0.05) is 70.0 Å². The molecule has 17 heteroatoms. The zero-order valence-corrected chi connectivity index (χ0v) is 66.7. The molecule has 0 bridgehead atoms. The van der Waals surface area contributed by atoms with Crippen LogP contribution >= 0.6 is 34.6 Å². The number of oxazole rings is 2. The minimum absolute atomic E-state index is 0.456.